The number of thiazole rings is 1. The van der Waals surface area contributed by atoms with Gasteiger partial charge in [0.25, 0.3) is 5.91 Å². The monoisotopic (exact) mass is 434 g/mol. The second-order valence-corrected chi connectivity index (χ2v) is 6.81. The number of ether oxygens (including phenoxy) is 1. The Labute approximate surface area is 172 Å². The van der Waals surface area contributed by atoms with Crippen LogP contribution in [0.1, 0.15) is 5.56 Å². The molecule has 0 aliphatic carbocycles. The van der Waals surface area contributed by atoms with Gasteiger partial charge in [-0.3, -0.25) is 10.0 Å². The summed E-state index contributed by atoms with van der Waals surface area (Å²) >= 11 is 1.23. The number of halogens is 3. The Morgan fingerprint density at radius 1 is 1.33 bits per heavy atom. The van der Waals surface area contributed by atoms with Crippen LogP contribution in [0.5, 0.6) is 5.75 Å². The van der Waals surface area contributed by atoms with Gasteiger partial charge in [-0.15, -0.1) is 24.5 Å². The number of hydrogen-bond acceptors (Lipinski definition) is 7. The second-order valence-electron chi connectivity index (χ2n) is 5.96. The molecule has 0 spiro atoms. The van der Waals surface area contributed by atoms with E-state index in [1.165, 1.54) is 41.1 Å². The molecule has 3 N–H and O–H groups in total. The van der Waals surface area contributed by atoms with E-state index in [0.717, 1.165) is 0 Å². The third-order valence-electron chi connectivity index (χ3n) is 4.03. The molecule has 1 heterocycles. The number of benzene rings is 2. The number of carbonyl (C=O) groups excluding carboxylic acids is 1. The zero-order valence-corrected chi connectivity index (χ0v) is 15.9. The van der Waals surface area contributed by atoms with Gasteiger partial charge in [0.2, 0.25) is 0 Å². The van der Waals surface area contributed by atoms with Crippen molar-refractivity contribution >= 4 is 33.1 Å². The van der Waals surface area contributed by atoms with Crippen LogP contribution in [-0.2, 0) is 4.79 Å². The van der Waals surface area contributed by atoms with Crippen molar-refractivity contribution in [2.24, 2.45) is 0 Å². The Bertz CT molecular complexity index is 1150. The quantitative estimate of drug-likeness (QED) is 0.305. The molecule has 154 valence electrons. The molecule has 1 amide bonds. The smallest absolute Gasteiger partial charge is 0.406 e. The molecular weight excluding hydrogens is 421 g/mol. The fraction of sp³-hybridized carbons (Fsp3) is 0.105. The van der Waals surface area contributed by atoms with Crippen LogP contribution in [0.15, 0.2) is 48.0 Å². The van der Waals surface area contributed by atoms with E-state index in [1.807, 2.05) is 0 Å². The number of aromatic nitrogens is 1. The van der Waals surface area contributed by atoms with Crippen molar-refractivity contribution in [1.29, 1.82) is 5.26 Å². The summed E-state index contributed by atoms with van der Waals surface area (Å²) in [5, 5.41) is 21.2. The number of nitrogens with one attached hydrogen (secondary N) is 2. The highest BCUT2D eigenvalue weighted by molar-refractivity contribution is 7.17. The molecule has 0 bridgehead atoms. The van der Waals surface area contributed by atoms with Crippen molar-refractivity contribution < 1.29 is 27.9 Å². The summed E-state index contributed by atoms with van der Waals surface area (Å²) in [5.74, 6) is -1.14. The Morgan fingerprint density at radius 3 is 2.63 bits per heavy atom. The summed E-state index contributed by atoms with van der Waals surface area (Å²) in [4.78, 5) is 15.7. The van der Waals surface area contributed by atoms with Crippen molar-refractivity contribution in [1.82, 2.24) is 10.5 Å². The summed E-state index contributed by atoms with van der Waals surface area (Å²) in [6.45, 7) is 3.48. The van der Waals surface area contributed by atoms with Crippen molar-refractivity contribution in [3.63, 3.8) is 0 Å². The molecule has 1 aromatic heterocycles. The zero-order chi connectivity index (χ0) is 21.9. The first-order chi connectivity index (χ1) is 14.2. The Balaban J connectivity index is 2.01. The van der Waals surface area contributed by atoms with Crippen LogP contribution in [0, 0.1) is 11.3 Å². The highest BCUT2D eigenvalue weighted by atomic mass is 32.1. The van der Waals surface area contributed by atoms with Crippen LogP contribution in [0.2, 0.25) is 0 Å². The number of fused-ring (bicyclic) bond motifs is 1. The van der Waals surface area contributed by atoms with E-state index in [0.29, 0.717) is 32.6 Å². The first-order valence-corrected chi connectivity index (χ1v) is 9.14. The van der Waals surface area contributed by atoms with E-state index in [9.17, 15) is 23.2 Å². The maximum absolute atomic E-state index is 12.4. The first kappa shape index (κ1) is 21.1. The molecule has 0 saturated heterocycles. The van der Waals surface area contributed by atoms with E-state index in [4.69, 9.17) is 5.21 Å². The van der Waals surface area contributed by atoms with E-state index in [1.54, 1.807) is 11.6 Å². The molecule has 7 nitrogen and oxygen atoms in total. The number of rotatable bonds is 6. The highest BCUT2D eigenvalue weighted by Gasteiger charge is 2.31. The van der Waals surface area contributed by atoms with Gasteiger partial charge in [0.15, 0.2) is 0 Å². The number of amides is 1. The number of nitrogens with zero attached hydrogens (tertiary/aromatic N) is 2. The number of anilines is 1. The second kappa shape index (κ2) is 8.40. The summed E-state index contributed by atoms with van der Waals surface area (Å²) < 4.78 is 41.6. The lowest BCUT2D eigenvalue weighted by Gasteiger charge is -2.13. The summed E-state index contributed by atoms with van der Waals surface area (Å²) in [7, 11) is 0. The zero-order valence-electron chi connectivity index (χ0n) is 15.1. The largest absolute Gasteiger partial charge is 0.573 e. The predicted molar refractivity (Wildman–Crippen MR) is 104 cm³/mol. The minimum absolute atomic E-state index is 0.0287. The predicted octanol–water partition coefficient (Wildman–Crippen LogP) is 4.21. The minimum atomic E-state index is -4.79. The lowest BCUT2D eigenvalue weighted by Crippen LogP contribution is -2.24. The van der Waals surface area contributed by atoms with E-state index in [2.05, 4.69) is 27.7 Å². The van der Waals surface area contributed by atoms with Crippen molar-refractivity contribution in [3.8, 4) is 22.9 Å². The number of hydroxylamine groups is 1. The number of carbonyl (C=O) groups is 1. The van der Waals surface area contributed by atoms with E-state index >= 15 is 0 Å². The molecule has 0 unspecified atom stereocenters. The van der Waals surface area contributed by atoms with Gasteiger partial charge in [0.1, 0.15) is 11.8 Å². The lowest BCUT2D eigenvalue weighted by molar-refractivity contribution is -0.274. The highest BCUT2D eigenvalue weighted by Crippen LogP contribution is 2.37. The average molecular weight is 434 g/mol. The SMILES string of the molecule is C=C(CNc1cc(-c2ccc(OC(F)(F)F)cc2)c2ncsc2c1C#N)C(=O)NO. The average Bonchev–Trinajstić information content (AvgIpc) is 3.19. The summed E-state index contributed by atoms with van der Waals surface area (Å²) in [6, 6.07) is 8.96. The van der Waals surface area contributed by atoms with E-state index in [-0.39, 0.29) is 17.9 Å². The van der Waals surface area contributed by atoms with Gasteiger partial charge in [-0.1, -0.05) is 18.7 Å². The number of nitriles is 1. The summed E-state index contributed by atoms with van der Waals surface area (Å²) in [6.07, 6.45) is -4.79. The molecule has 30 heavy (non-hydrogen) atoms. The third kappa shape index (κ3) is 4.51. The normalized spacial score (nSPS) is 11.0. The Hall–Kier alpha value is -3.62. The molecule has 0 saturated carbocycles. The maximum atomic E-state index is 12.4. The fourth-order valence-corrected chi connectivity index (χ4v) is 3.50. The van der Waals surface area contributed by atoms with E-state index < -0.39 is 12.3 Å². The van der Waals surface area contributed by atoms with Crippen LogP contribution in [0.25, 0.3) is 21.3 Å². The van der Waals surface area contributed by atoms with Crippen LogP contribution >= 0.6 is 11.3 Å². The molecule has 0 fully saturated rings. The Morgan fingerprint density at radius 2 is 2.03 bits per heavy atom. The molecule has 11 heteroatoms. The fourth-order valence-electron chi connectivity index (χ4n) is 2.69. The molecule has 0 radical (unpaired) electrons. The van der Waals surface area contributed by atoms with Crippen LogP contribution in [0.3, 0.4) is 0 Å². The third-order valence-corrected chi connectivity index (χ3v) is 4.88. The molecule has 3 aromatic rings. The van der Waals surface area contributed by atoms with Gasteiger partial charge in [-0.05, 0) is 23.8 Å². The van der Waals surface area contributed by atoms with Gasteiger partial charge in [-0.25, -0.2) is 10.5 Å². The molecule has 0 atom stereocenters. The van der Waals surface area contributed by atoms with Gasteiger partial charge in [0, 0.05) is 17.7 Å². The van der Waals surface area contributed by atoms with Gasteiger partial charge in [0.05, 0.1) is 27.0 Å². The first-order valence-electron chi connectivity index (χ1n) is 8.26. The van der Waals surface area contributed by atoms with Gasteiger partial charge < -0.3 is 10.1 Å². The summed E-state index contributed by atoms with van der Waals surface area (Å²) in [5.41, 5.74) is 5.37. The van der Waals surface area contributed by atoms with Crippen molar-refractivity contribution in [2.45, 2.75) is 6.36 Å². The number of alkyl halides is 3. The molecule has 0 aliphatic rings. The van der Waals surface area contributed by atoms with Crippen molar-refractivity contribution in [3.05, 3.63) is 53.6 Å². The topological polar surface area (TPSA) is 107 Å². The van der Waals surface area contributed by atoms with Crippen LogP contribution in [-0.4, -0.2) is 29.0 Å². The van der Waals surface area contributed by atoms with Gasteiger partial charge in [-0.2, -0.15) is 5.26 Å². The lowest BCUT2D eigenvalue weighted by atomic mass is 10.0. The number of hydrogen-bond donors (Lipinski definition) is 3. The van der Waals surface area contributed by atoms with Crippen LogP contribution < -0.4 is 15.5 Å². The van der Waals surface area contributed by atoms with Crippen LogP contribution in [0.4, 0.5) is 18.9 Å². The molecule has 0 aliphatic heterocycles. The maximum Gasteiger partial charge on any atom is 0.573 e. The standard InChI is InChI=1S/C19H13F3N4O3S/c1-10(18(27)26-28)8-24-15-6-13(16-17(14(15)7-23)30-9-25-16)11-2-4-12(5-3-11)29-19(20,21)22/h2-6,9,24,28H,1,8H2,(H,26,27). The van der Waals surface area contributed by atoms with Crippen molar-refractivity contribution in [2.75, 3.05) is 11.9 Å². The minimum Gasteiger partial charge on any atom is -0.406 e. The Kier molecular flexibility index (Phi) is 5.91. The molecule has 3 rings (SSSR count). The molecular formula is C19H13F3N4O3S. The van der Waals surface area contributed by atoms with Gasteiger partial charge >= 0.3 is 6.36 Å². The molecule has 2 aromatic carbocycles.